The van der Waals surface area contributed by atoms with Gasteiger partial charge >= 0.3 is 0 Å². The fraction of sp³-hybridized carbons (Fsp3) is 0.167. The topological polar surface area (TPSA) is 50.2 Å². The monoisotopic (exact) mass is 233 g/mol. The third-order valence-corrected chi connectivity index (χ3v) is 3.29. The van der Waals surface area contributed by atoms with Crippen molar-refractivity contribution >= 4 is 17.1 Å². The second-order valence-electron chi connectivity index (χ2n) is 3.52. The molecule has 1 aromatic carbocycles. The molecule has 0 spiro atoms. The maximum atomic E-state index is 11.1. The molecule has 0 saturated heterocycles. The Morgan fingerprint density at radius 3 is 2.62 bits per heavy atom. The Hall–Kier alpha value is -1.68. The van der Waals surface area contributed by atoms with E-state index in [1.807, 2.05) is 12.1 Å². The highest BCUT2D eigenvalue weighted by atomic mass is 32.1. The lowest BCUT2D eigenvalue weighted by atomic mass is 10.1. The highest BCUT2D eigenvalue weighted by Gasteiger charge is 2.06. The average Bonchev–Trinajstić information content (AvgIpc) is 2.70. The van der Waals surface area contributed by atoms with Crippen LogP contribution in [0.5, 0.6) is 5.75 Å². The first-order valence-electron chi connectivity index (χ1n) is 4.88. The smallest absolute Gasteiger partial charge is 0.171 e. The lowest BCUT2D eigenvalue weighted by molar-refractivity contribution is 0.102. The van der Waals surface area contributed by atoms with Crippen molar-refractivity contribution in [3.05, 3.63) is 45.9 Å². The maximum Gasteiger partial charge on any atom is 0.171 e. The fourth-order valence-corrected chi connectivity index (χ4v) is 2.19. The lowest BCUT2D eigenvalue weighted by Crippen LogP contribution is -1.85. The molecular weight excluding hydrogens is 222 g/mol. The lowest BCUT2D eigenvalue weighted by Gasteiger charge is -1.97. The molecule has 1 aromatic heterocycles. The third-order valence-electron chi connectivity index (χ3n) is 2.19. The van der Waals surface area contributed by atoms with Gasteiger partial charge in [0.05, 0.1) is 9.88 Å². The number of Topliss-reactive ketones (excluding diaryl/α,β-unsaturated/α-hetero) is 1. The van der Waals surface area contributed by atoms with Gasteiger partial charge in [0.1, 0.15) is 5.75 Å². The second-order valence-corrected chi connectivity index (χ2v) is 4.63. The van der Waals surface area contributed by atoms with Crippen LogP contribution in [0.15, 0.2) is 30.5 Å². The van der Waals surface area contributed by atoms with Crippen molar-refractivity contribution in [1.82, 2.24) is 4.98 Å². The Balaban J connectivity index is 2.14. The Bertz CT molecular complexity index is 502. The number of hydrogen-bond donors (Lipinski definition) is 1. The molecule has 0 amide bonds. The zero-order valence-electron chi connectivity index (χ0n) is 8.80. The van der Waals surface area contributed by atoms with Gasteiger partial charge in [0.25, 0.3) is 0 Å². The summed E-state index contributed by atoms with van der Waals surface area (Å²) in [5.41, 5.74) is 1.07. The molecule has 2 rings (SSSR count). The molecule has 0 saturated carbocycles. The van der Waals surface area contributed by atoms with Crippen LogP contribution in [0.3, 0.4) is 0 Å². The van der Waals surface area contributed by atoms with Gasteiger partial charge in [-0.1, -0.05) is 12.1 Å². The summed E-state index contributed by atoms with van der Waals surface area (Å²) in [6.07, 6.45) is 2.31. The van der Waals surface area contributed by atoms with Crippen LogP contribution in [-0.4, -0.2) is 15.9 Å². The highest BCUT2D eigenvalue weighted by Crippen LogP contribution is 2.18. The average molecular weight is 233 g/mol. The minimum absolute atomic E-state index is 0.0504. The summed E-state index contributed by atoms with van der Waals surface area (Å²) in [5.74, 6) is 0.307. The highest BCUT2D eigenvalue weighted by molar-refractivity contribution is 7.13. The number of rotatable bonds is 3. The van der Waals surface area contributed by atoms with E-state index >= 15 is 0 Å². The summed E-state index contributed by atoms with van der Waals surface area (Å²) in [7, 11) is 0. The molecule has 0 aliphatic carbocycles. The SMILES string of the molecule is CC(=O)c1cnc(Cc2ccc(O)cc2)s1. The maximum absolute atomic E-state index is 11.1. The van der Waals surface area contributed by atoms with Gasteiger partial charge in [-0.3, -0.25) is 4.79 Å². The summed E-state index contributed by atoms with van der Waals surface area (Å²) >= 11 is 1.42. The largest absolute Gasteiger partial charge is 0.508 e. The molecule has 16 heavy (non-hydrogen) atoms. The number of phenolic OH excluding ortho intramolecular Hbond substituents is 1. The number of benzene rings is 1. The summed E-state index contributed by atoms with van der Waals surface area (Å²) in [4.78, 5) is 16.0. The molecule has 0 aliphatic heterocycles. The van der Waals surface area contributed by atoms with Crippen LogP contribution in [0.1, 0.15) is 27.2 Å². The molecule has 82 valence electrons. The quantitative estimate of drug-likeness (QED) is 0.829. The van der Waals surface area contributed by atoms with Gasteiger partial charge in [0.15, 0.2) is 5.78 Å². The van der Waals surface area contributed by atoms with Gasteiger partial charge in [0.2, 0.25) is 0 Å². The molecule has 0 bridgehead atoms. The predicted octanol–water partition coefficient (Wildman–Crippen LogP) is 2.64. The Morgan fingerprint density at radius 1 is 1.38 bits per heavy atom. The van der Waals surface area contributed by atoms with E-state index in [0.717, 1.165) is 10.6 Å². The van der Waals surface area contributed by atoms with E-state index in [2.05, 4.69) is 4.98 Å². The number of carbonyl (C=O) groups excluding carboxylic acids is 1. The van der Waals surface area contributed by atoms with Gasteiger partial charge in [-0.25, -0.2) is 4.98 Å². The van der Waals surface area contributed by atoms with Crippen LogP contribution >= 0.6 is 11.3 Å². The van der Waals surface area contributed by atoms with Gasteiger partial charge in [-0.2, -0.15) is 0 Å². The van der Waals surface area contributed by atoms with Crippen molar-refractivity contribution < 1.29 is 9.90 Å². The van der Waals surface area contributed by atoms with E-state index in [4.69, 9.17) is 5.11 Å². The molecule has 2 aromatic rings. The van der Waals surface area contributed by atoms with Crippen molar-refractivity contribution in [1.29, 1.82) is 0 Å². The molecule has 4 heteroatoms. The summed E-state index contributed by atoms with van der Waals surface area (Å²) < 4.78 is 0. The van der Waals surface area contributed by atoms with Crippen LogP contribution in [0.4, 0.5) is 0 Å². The van der Waals surface area contributed by atoms with Crippen LogP contribution < -0.4 is 0 Å². The molecule has 0 unspecified atom stereocenters. The van der Waals surface area contributed by atoms with Crippen molar-refractivity contribution in [3.8, 4) is 5.75 Å². The first kappa shape index (κ1) is 10.8. The number of ketones is 1. The van der Waals surface area contributed by atoms with Crippen molar-refractivity contribution in [2.45, 2.75) is 13.3 Å². The molecular formula is C12H11NO2S. The number of carbonyl (C=O) groups is 1. The van der Waals surface area contributed by atoms with E-state index < -0.39 is 0 Å². The number of aromatic nitrogens is 1. The number of thiazole rings is 1. The van der Waals surface area contributed by atoms with E-state index in [1.54, 1.807) is 18.3 Å². The van der Waals surface area contributed by atoms with E-state index in [9.17, 15) is 4.79 Å². The molecule has 3 nitrogen and oxygen atoms in total. The Kier molecular flexibility index (Phi) is 3.01. The summed E-state index contributed by atoms with van der Waals surface area (Å²) in [6, 6.07) is 7.00. The van der Waals surface area contributed by atoms with Gasteiger partial charge in [-0.05, 0) is 17.7 Å². The zero-order valence-corrected chi connectivity index (χ0v) is 9.62. The van der Waals surface area contributed by atoms with Crippen molar-refractivity contribution in [2.75, 3.05) is 0 Å². The van der Waals surface area contributed by atoms with Crippen LogP contribution in [0, 0.1) is 0 Å². The van der Waals surface area contributed by atoms with Crippen LogP contribution in [0.25, 0.3) is 0 Å². The fourth-order valence-electron chi connectivity index (χ4n) is 1.34. The van der Waals surface area contributed by atoms with Gasteiger partial charge < -0.3 is 5.11 Å². The Labute approximate surface area is 97.4 Å². The zero-order chi connectivity index (χ0) is 11.5. The predicted molar refractivity (Wildman–Crippen MR) is 63.0 cm³/mol. The normalized spacial score (nSPS) is 10.3. The minimum atomic E-state index is 0.0504. The number of nitrogens with zero attached hydrogens (tertiary/aromatic N) is 1. The number of aromatic hydroxyl groups is 1. The summed E-state index contributed by atoms with van der Waals surface area (Å²) in [6.45, 7) is 1.54. The standard InChI is InChI=1S/C12H11NO2S/c1-8(14)11-7-13-12(16-11)6-9-2-4-10(15)5-3-9/h2-5,7,15H,6H2,1H3. The first-order chi connectivity index (χ1) is 7.65. The second kappa shape index (κ2) is 4.45. The molecule has 1 heterocycles. The molecule has 1 N–H and O–H groups in total. The van der Waals surface area contributed by atoms with E-state index in [1.165, 1.54) is 18.3 Å². The van der Waals surface area contributed by atoms with Crippen LogP contribution in [-0.2, 0) is 6.42 Å². The number of hydrogen-bond acceptors (Lipinski definition) is 4. The van der Waals surface area contributed by atoms with Gasteiger partial charge in [-0.15, -0.1) is 11.3 Å². The van der Waals surface area contributed by atoms with Crippen molar-refractivity contribution in [2.24, 2.45) is 0 Å². The Morgan fingerprint density at radius 2 is 2.06 bits per heavy atom. The third kappa shape index (κ3) is 2.46. The number of phenols is 1. The first-order valence-corrected chi connectivity index (χ1v) is 5.70. The minimum Gasteiger partial charge on any atom is -0.508 e. The molecule has 0 atom stereocenters. The molecule has 0 aliphatic rings. The van der Waals surface area contributed by atoms with E-state index in [0.29, 0.717) is 11.3 Å². The van der Waals surface area contributed by atoms with Gasteiger partial charge in [0, 0.05) is 19.5 Å². The molecule has 0 fully saturated rings. The van der Waals surface area contributed by atoms with Crippen LogP contribution in [0.2, 0.25) is 0 Å². The van der Waals surface area contributed by atoms with E-state index in [-0.39, 0.29) is 11.5 Å². The van der Waals surface area contributed by atoms with Crippen molar-refractivity contribution in [3.63, 3.8) is 0 Å². The summed E-state index contributed by atoms with van der Waals surface area (Å²) in [5, 5.41) is 10.1. The molecule has 0 radical (unpaired) electrons.